The van der Waals surface area contributed by atoms with E-state index in [-0.39, 0.29) is 13.0 Å². The lowest BCUT2D eigenvalue weighted by atomic mass is 9.96. The highest BCUT2D eigenvalue weighted by Crippen LogP contribution is 2.37. The minimum Gasteiger partial charge on any atom is -0.481 e. The van der Waals surface area contributed by atoms with E-state index in [1.54, 1.807) is 0 Å². The van der Waals surface area contributed by atoms with Crippen molar-refractivity contribution in [2.45, 2.75) is 31.9 Å². The molecule has 0 bridgehead atoms. The molecule has 1 fully saturated rings. The summed E-state index contributed by atoms with van der Waals surface area (Å²) in [6.45, 7) is -0.709. The number of rotatable bonds is 5. The summed E-state index contributed by atoms with van der Waals surface area (Å²) in [7, 11) is 0. The van der Waals surface area contributed by atoms with Crippen LogP contribution < -0.4 is 5.32 Å². The predicted molar refractivity (Wildman–Crippen MR) is 65.5 cm³/mol. The van der Waals surface area contributed by atoms with Gasteiger partial charge in [-0.3, -0.25) is 4.79 Å². The summed E-state index contributed by atoms with van der Waals surface area (Å²) >= 11 is 0. The van der Waals surface area contributed by atoms with Crippen LogP contribution in [0, 0.1) is 11.8 Å². The number of aliphatic carboxylic acids is 1. The highest BCUT2D eigenvalue weighted by Gasteiger charge is 2.53. The number of nitrogens with zero attached hydrogens (tertiary/aromatic N) is 1. The van der Waals surface area contributed by atoms with E-state index in [4.69, 9.17) is 5.11 Å². The van der Waals surface area contributed by atoms with Gasteiger partial charge < -0.3 is 15.3 Å². The summed E-state index contributed by atoms with van der Waals surface area (Å²) in [5, 5.41) is 11.0. The number of carboxylic acid groups (broad SMARTS) is 1. The molecular formula is C12H17F5N2O3. The van der Waals surface area contributed by atoms with Crippen LogP contribution in [-0.2, 0) is 4.79 Å². The van der Waals surface area contributed by atoms with Gasteiger partial charge in [0.1, 0.15) is 0 Å². The second kappa shape index (κ2) is 6.66. The number of carbonyl (C=O) groups excluding carboxylic acids is 1. The van der Waals surface area contributed by atoms with Gasteiger partial charge in [-0.25, -0.2) is 13.6 Å². The summed E-state index contributed by atoms with van der Waals surface area (Å²) in [6.07, 6.45) is -5.22. The SMILES string of the molecule is CC(F)(F)CCCNC(=O)N1C[C@@H](C(F)(F)F)[C@H](C(=O)O)C1. The van der Waals surface area contributed by atoms with E-state index >= 15 is 0 Å². The maximum Gasteiger partial charge on any atom is 0.394 e. The molecule has 128 valence electrons. The Morgan fingerprint density at radius 1 is 1.23 bits per heavy atom. The maximum atomic E-state index is 12.7. The summed E-state index contributed by atoms with van der Waals surface area (Å²) < 4.78 is 63.3. The molecule has 1 rings (SSSR count). The molecule has 1 aliphatic heterocycles. The molecule has 2 N–H and O–H groups in total. The second-order valence-corrected chi connectivity index (χ2v) is 5.40. The van der Waals surface area contributed by atoms with Crippen molar-refractivity contribution < 1.29 is 36.6 Å². The first-order valence-electron chi connectivity index (χ1n) is 6.62. The van der Waals surface area contributed by atoms with Gasteiger partial charge in [-0.2, -0.15) is 13.2 Å². The molecule has 0 radical (unpaired) electrons. The van der Waals surface area contributed by atoms with Gasteiger partial charge in [-0.05, 0) is 13.3 Å². The van der Waals surface area contributed by atoms with Crippen molar-refractivity contribution in [3.8, 4) is 0 Å². The molecule has 0 aromatic heterocycles. The third-order valence-corrected chi connectivity index (χ3v) is 3.41. The Hall–Kier alpha value is -1.61. The zero-order valence-corrected chi connectivity index (χ0v) is 11.8. The fraction of sp³-hybridized carbons (Fsp3) is 0.833. The Balaban J connectivity index is 2.52. The van der Waals surface area contributed by atoms with Gasteiger partial charge in [-0.15, -0.1) is 0 Å². The highest BCUT2D eigenvalue weighted by atomic mass is 19.4. The standard InChI is InChI=1S/C12H17F5N2O3/c1-11(13,14)3-2-4-18-10(22)19-5-7(9(20)21)8(6-19)12(15,16)17/h7-8H,2-6H2,1H3,(H,18,22)(H,20,21)/t7-,8-/m1/s1. The van der Waals surface area contributed by atoms with Crippen molar-refractivity contribution in [1.82, 2.24) is 10.2 Å². The Kier molecular flexibility index (Phi) is 5.58. The first-order valence-corrected chi connectivity index (χ1v) is 6.62. The second-order valence-electron chi connectivity index (χ2n) is 5.40. The van der Waals surface area contributed by atoms with Crippen molar-refractivity contribution in [3.63, 3.8) is 0 Å². The number of halogens is 5. The van der Waals surface area contributed by atoms with E-state index in [9.17, 15) is 31.5 Å². The van der Waals surface area contributed by atoms with Crippen LogP contribution in [0.4, 0.5) is 26.7 Å². The number of hydrogen-bond donors (Lipinski definition) is 2. The smallest absolute Gasteiger partial charge is 0.394 e. The van der Waals surface area contributed by atoms with E-state index in [1.807, 2.05) is 0 Å². The van der Waals surface area contributed by atoms with Crippen LogP contribution in [0.2, 0.25) is 0 Å². The average molecular weight is 332 g/mol. The van der Waals surface area contributed by atoms with Gasteiger partial charge in [0.15, 0.2) is 0 Å². The number of alkyl halides is 5. The quantitative estimate of drug-likeness (QED) is 0.600. The van der Waals surface area contributed by atoms with Crippen LogP contribution in [0.5, 0.6) is 0 Å². The van der Waals surface area contributed by atoms with Crippen LogP contribution >= 0.6 is 0 Å². The number of urea groups is 1. The van der Waals surface area contributed by atoms with Crippen LogP contribution in [0.15, 0.2) is 0 Å². The van der Waals surface area contributed by atoms with Crippen LogP contribution in [-0.4, -0.2) is 53.7 Å². The van der Waals surface area contributed by atoms with Crippen molar-refractivity contribution in [1.29, 1.82) is 0 Å². The molecule has 1 heterocycles. The minimum atomic E-state index is -4.72. The molecule has 5 nitrogen and oxygen atoms in total. The fourth-order valence-corrected chi connectivity index (χ4v) is 2.26. The van der Waals surface area contributed by atoms with Crippen LogP contribution in [0.3, 0.4) is 0 Å². The Labute approximate surface area is 123 Å². The molecule has 10 heteroatoms. The molecule has 0 aliphatic carbocycles. The fourth-order valence-electron chi connectivity index (χ4n) is 2.26. The Bertz CT molecular complexity index is 422. The molecule has 0 aromatic carbocycles. The van der Waals surface area contributed by atoms with Gasteiger partial charge in [0, 0.05) is 26.1 Å². The molecule has 0 spiro atoms. The summed E-state index contributed by atoms with van der Waals surface area (Å²) in [4.78, 5) is 23.3. The van der Waals surface area contributed by atoms with Gasteiger partial charge in [0.05, 0.1) is 11.8 Å². The lowest BCUT2D eigenvalue weighted by molar-refractivity contribution is -0.187. The molecule has 1 aliphatic rings. The van der Waals surface area contributed by atoms with E-state index in [1.165, 1.54) is 0 Å². The predicted octanol–water partition coefficient (Wildman–Crippen LogP) is 2.33. The van der Waals surface area contributed by atoms with Crippen molar-refractivity contribution >= 4 is 12.0 Å². The van der Waals surface area contributed by atoms with E-state index < -0.39 is 55.4 Å². The van der Waals surface area contributed by atoms with Gasteiger partial charge in [-0.1, -0.05) is 0 Å². The molecule has 0 aromatic rings. The highest BCUT2D eigenvalue weighted by molar-refractivity contribution is 5.77. The summed E-state index contributed by atoms with van der Waals surface area (Å²) in [6, 6.07) is -0.877. The summed E-state index contributed by atoms with van der Waals surface area (Å²) in [5.74, 6) is -8.35. The van der Waals surface area contributed by atoms with Crippen molar-refractivity contribution in [2.24, 2.45) is 11.8 Å². The van der Waals surface area contributed by atoms with Crippen LogP contribution in [0.1, 0.15) is 19.8 Å². The van der Waals surface area contributed by atoms with E-state index in [0.29, 0.717) is 0 Å². The maximum absolute atomic E-state index is 12.7. The number of carboxylic acids is 1. The third kappa shape index (κ3) is 5.30. The van der Waals surface area contributed by atoms with E-state index in [0.717, 1.165) is 11.8 Å². The zero-order valence-electron chi connectivity index (χ0n) is 11.8. The third-order valence-electron chi connectivity index (χ3n) is 3.41. The molecular weight excluding hydrogens is 315 g/mol. The van der Waals surface area contributed by atoms with Gasteiger partial charge in [0.25, 0.3) is 0 Å². The first kappa shape index (κ1) is 18.4. The lowest BCUT2D eigenvalue weighted by Crippen LogP contribution is -2.40. The molecule has 1 saturated heterocycles. The molecule has 0 unspecified atom stereocenters. The monoisotopic (exact) mass is 332 g/mol. The largest absolute Gasteiger partial charge is 0.481 e. The van der Waals surface area contributed by atoms with Crippen molar-refractivity contribution in [2.75, 3.05) is 19.6 Å². The number of carbonyl (C=O) groups is 2. The molecule has 22 heavy (non-hydrogen) atoms. The zero-order chi connectivity index (χ0) is 17.1. The van der Waals surface area contributed by atoms with Gasteiger partial charge >= 0.3 is 18.2 Å². The minimum absolute atomic E-state index is 0.0336. The molecule has 2 amide bonds. The average Bonchev–Trinajstić information content (AvgIpc) is 2.78. The van der Waals surface area contributed by atoms with Crippen LogP contribution in [0.25, 0.3) is 0 Å². The number of amides is 2. The summed E-state index contributed by atoms with van der Waals surface area (Å²) in [5.41, 5.74) is 0. The van der Waals surface area contributed by atoms with E-state index in [2.05, 4.69) is 5.32 Å². The number of hydrogen-bond acceptors (Lipinski definition) is 2. The topological polar surface area (TPSA) is 69.6 Å². The molecule has 0 saturated carbocycles. The number of nitrogens with one attached hydrogen (secondary N) is 1. The lowest BCUT2D eigenvalue weighted by Gasteiger charge is -2.19. The van der Waals surface area contributed by atoms with Gasteiger partial charge in [0.2, 0.25) is 5.92 Å². The Morgan fingerprint density at radius 2 is 1.82 bits per heavy atom. The molecule has 2 atom stereocenters. The van der Waals surface area contributed by atoms with Crippen molar-refractivity contribution in [3.05, 3.63) is 0 Å². The first-order chi connectivity index (χ1) is 9.92. The Morgan fingerprint density at radius 3 is 2.23 bits per heavy atom. The number of likely N-dealkylation sites (tertiary alicyclic amines) is 1. The normalized spacial score (nSPS) is 22.7.